The van der Waals surface area contributed by atoms with Gasteiger partial charge in [0.1, 0.15) is 0 Å². The monoisotopic (exact) mass is 420 g/mol. The summed E-state index contributed by atoms with van der Waals surface area (Å²) < 4.78 is 36.3. The number of unbranched alkanes of at least 4 members (excludes halogenated alkanes) is 2. The number of guanidine groups is 1. The van der Waals surface area contributed by atoms with Crippen molar-refractivity contribution in [3.05, 3.63) is 0 Å². The molecule has 1 fully saturated rings. The molecule has 1 aliphatic rings. The van der Waals surface area contributed by atoms with E-state index in [4.69, 9.17) is 4.74 Å². The first-order valence-electron chi connectivity index (χ1n) is 9.92. The van der Waals surface area contributed by atoms with Gasteiger partial charge in [-0.05, 0) is 26.7 Å². The molecule has 1 N–H and O–H groups in total. The zero-order valence-corrected chi connectivity index (χ0v) is 18.5. The average molecular weight is 421 g/mol. The lowest BCUT2D eigenvalue weighted by atomic mass is 10.2. The highest BCUT2D eigenvalue weighted by atomic mass is 32.2. The van der Waals surface area contributed by atoms with Gasteiger partial charge in [-0.25, -0.2) is 8.42 Å². The molecule has 0 aromatic carbocycles. The Balaban J connectivity index is 2.31. The first-order chi connectivity index (χ1) is 13.3. The molecule has 0 aliphatic carbocycles. The van der Waals surface area contributed by atoms with Crippen molar-refractivity contribution in [2.75, 3.05) is 59.2 Å². The quantitative estimate of drug-likeness (QED) is 0.227. The number of methoxy groups -OCH3 is 1. The first kappa shape index (κ1) is 24.6. The number of carbonyl (C=O) groups is 1. The van der Waals surface area contributed by atoms with Gasteiger partial charge in [-0.2, -0.15) is 4.31 Å². The fourth-order valence-corrected chi connectivity index (χ4v) is 4.19. The van der Waals surface area contributed by atoms with Gasteiger partial charge in [0.15, 0.2) is 5.96 Å². The molecule has 0 amide bonds. The highest BCUT2D eigenvalue weighted by Gasteiger charge is 2.27. The molecule has 1 heterocycles. The zero-order valence-electron chi connectivity index (χ0n) is 17.6. The number of hydrogen-bond acceptors (Lipinski definition) is 6. The van der Waals surface area contributed by atoms with Crippen molar-refractivity contribution in [2.24, 2.45) is 4.99 Å². The van der Waals surface area contributed by atoms with Crippen molar-refractivity contribution in [3.8, 4) is 0 Å². The second-order valence-corrected chi connectivity index (χ2v) is 9.07. The normalized spacial score (nSPS) is 16.5. The van der Waals surface area contributed by atoms with Gasteiger partial charge < -0.3 is 19.7 Å². The predicted molar refractivity (Wildman–Crippen MR) is 110 cm³/mol. The van der Waals surface area contributed by atoms with Crippen LogP contribution in [0.25, 0.3) is 0 Å². The first-order valence-corrected chi connectivity index (χ1v) is 11.5. The van der Waals surface area contributed by atoms with Gasteiger partial charge in [-0.1, -0.05) is 6.42 Å². The molecule has 1 saturated heterocycles. The number of rotatable bonds is 11. The van der Waals surface area contributed by atoms with Gasteiger partial charge in [0.25, 0.3) is 0 Å². The van der Waals surface area contributed by atoms with E-state index in [-0.39, 0.29) is 24.4 Å². The third kappa shape index (κ3) is 9.20. The number of aliphatic imine (C=N–C) groups is 1. The summed E-state index contributed by atoms with van der Waals surface area (Å²) in [4.78, 5) is 17.4. The molecule has 164 valence electrons. The summed E-state index contributed by atoms with van der Waals surface area (Å²) in [6.45, 7) is 6.87. The maximum atomic E-state index is 12.4. The van der Waals surface area contributed by atoms with E-state index in [0.29, 0.717) is 32.6 Å². The Morgan fingerprint density at radius 1 is 1.14 bits per heavy atom. The average Bonchev–Trinajstić information content (AvgIpc) is 2.67. The van der Waals surface area contributed by atoms with Crippen molar-refractivity contribution >= 4 is 22.0 Å². The summed E-state index contributed by atoms with van der Waals surface area (Å²) in [7, 11) is -0.159. The molecular formula is C18H36N4O5S. The SMILES string of the molecule is CN=C(NCCCCCC(=O)OC)N1CCN(S(=O)(=O)CCOC(C)C)CC1. The number of esters is 1. The van der Waals surface area contributed by atoms with Crippen molar-refractivity contribution in [1.29, 1.82) is 0 Å². The van der Waals surface area contributed by atoms with E-state index in [1.807, 2.05) is 13.8 Å². The molecule has 0 spiro atoms. The van der Waals surface area contributed by atoms with Crippen molar-refractivity contribution < 1.29 is 22.7 Å². The van der Waals surface area contributed by atoms with E-state index < -0.39 is 10.0 Å². The molecule has 0 unspecified atom stereocenters. The maximum absolute atomic E-state index is 12.4. The van der Waals surface area contributed by atoms with Crippen LogP contribution in [0.15, 0.2) is 4.99 Å². The molecule has 0 aromatic rings. The number of sulfonamides is 1. The highest BCUT2D eigenvalue weighted by Crippen LogP contribution is 2.09. The number of piperazine rings is 1. The van der Waals surface area contributed by atoms with Crippen LogP contribution in [0.5, 0.6) is 0 Å². The van der Waals surface area contributed by atoms with Crippen LogP contribution in [-0.4, -0.2) is 94.9 Å². The van der Waals surface area contributed by atoms with E-state index >= 15 is 0 Å². The van der Waals surface area contributed by atoms with Gasteiger partial charge in [0, 0.05) is 46.2 Å². The number of ether oxygens (including phenoxy) is 2. The Bertz CT molecular complexity index is 587. The summed E-state index contributed by atoms with van der Waals surface area (Å²) in [5, 5.41) is 3.31. The van der Waals surface area contributed by atoms with Crippen LogP contribution in [-0.2, 0) is 24.3 Å². The molecule has 9 nitrogen and oxygen atoms in total. The molecule has 0 radical (unpaired) electrons. The molecule has 0 saturated carbocycles. The molecule has 0 bridgehead atoms. The van der Waals surface area contributed by atoms with E-state index in [0.717, 1.165) is 31.8 Å². The van der Waals surface area contributed by atoms with Crippen LogP contribution in [0.2, 0.25) is 0 Å². The number of carbonyl (C=O) groups excluding carboxylic acids is 1. The third-order valence-electron chi connectivity index (χ3n) is 4.50. The van der Waals surface area contributed by atoms with E-state index in [9.17, 15) is 13.2 Å². The van der Waals surface area contributed by atoms with Crippen LogP contribution >= 0.6 is 0 Å². The molecular weight excluding hydrogens is 384 g/mol. The van der Waals surface area contributed by atoms with Crippen LogP contribution in [0.1, 0.15) is 39.5 Å². The topological polar surface area (TPSA) is 101 Å². The Hall–Kier alpha value is -1.39. The Labute approximate surface area is 169 Å². The lowest BCUT2D eigenvalue weighted by Crippen LogP contribution is -2.54. The fourth-order valence-electron chi connectivity index (χ4n) is 2.90. The standard InChI is InChI=1S/C18H36N4O5S/c1-16(2)27-14-15-28(24,25)22-12-10-21(11-13-22)18(19-3)20-9-7-5-6-8-17(23)26-4/h16H,5-15H2,1-4H3,(H,19,20). The number of nitrogens with one attached hydrogen (secondary N) is 1. The summed E-state index contributed by atoms with van der Waals surface area (Å²) >= 11 is 0. The second-order valence-electron chi connectivity index (χ2n) is 6.98. The molecule has 10 heteroatoms. The van der Waals surface area contributed by atoms with Crippen molar-refractivity contribution in [1.82, 2.24) is 14.5 Å². The lowest BCUT2D eigenvalue weighted by molar-refractivity contribution is -0.140. The fraction of sp³-hybridized carbons (Fsp3) is 0.889. The van der Waals surface area contributed by atoms with Crippen LogP contribution in [0, 0.1) is 0 Å². The van der Waals surface area contributed by atoms with Crippen LogP contribution in [0.4, 0.5) is 0 Å². The lowest BCUT2D eigenvalue weighted by Gasteiger charge is -2.35. The van der Waals surface area contributed by atoms with Gasteiger partial charge in [-0.15, -0.1) is 0 Å². The van der Waals surface area contributed by atoms with Gasteiger partial charge in [-0.3, -0.25) is 9.79 Å². The minimum atomic E-state index is -3.29. The minimum absolute atomic E-state index is 0.0176. The summed E-state index contributed by atoms with van der Waals surface area (Å²) in [5.74, 6) is 0.629. The van der Waals surface area contributed by atoms with Gasteiger partial charge in [0.2, 0.25) is 10.0 Å². The van der Waals surface area contributed by atoms with E-state index in [1.54, 1.807) is 7.05 Å². The van der Waals surface area contributed by atoms with Crippen LogP contribution in [0.3, 0.4) is 0 Å². The van der Waals surface area contributed by atoms with E-state index in [1.165, 1.54) is 11.4 Å². The smallest absolute Gasteiger partial charge is 0.305 e. The van der Waals surface area contributed by atoms with Gasteiger partial charge in [0.05, 0.1) is 25.6 Å². The molecule has 28 heavy (non-hydrogen) atoms. The minimum Gasteiger partial charge on any atom is -0.469 e. The molecule has 1 aliphatic heterocycles. The number of nitrogens with zero attached hydrogens (tertiary/aromatic N) is 3. The predicted octanol–water partition coefficient (Wildman–Crippen LogP) is 0.668. The third-order valence-corrected chi connectivity index (χ3v) is 6.34. The summed E-state index contributed by atoms with van der Waals surface area (Å²) in [5.41, 5.74) is 0. The number of hydrogen-bond donors (Lipinski definition) is 1. The molecule has 0 atom stereocenters. The van der Waals surface area contributed by atoms with E-state index in [2.05, 4.69) is 19.9 Å². The summed E-state index contributed by atoms with van der Waals surface area (Å²) in [6, 6.07) is 0. The Morgan fingerprint density at radius 2 is 1.82 bits per heavy atom. The van der Waals surface area contributed by atoms with Crippen molar-refractivity contribution in [3.63, 3.8) is 0 Å². The van der Waals surface area contributed by atoms with Gasteiger partial charge >= 0.3 is 5.97 Å². The highest BCUT2D eigenvalue weighted by molar-refractivity contribution is 7.89. The molecule has 1 rings (SSSR count). The Morgan fingerprint density at radius 3 is 2.39 bits per heavy atom. The second kappa shape index (κ2) is 12.9. The van der Waals surface area contributed by atoms with Crippen LogP contribution < -0.4 is 5.32 Å². The molecule has 0 aromatic heterocycles. The largest absolute Gasteiger partial charge is 0.469 e. The summed E-state index contributed by atoms with van der Waals surface area (Å²) in [6.07, 6.45) is 3.15. The zero-order chi connectivity index (χ0) is 21.0. The maximum Gasteiger partial charge on any atom is 0.305 e. The Kier molecular flexibility index (Phi) is 11.4. The van der Waals surface area contributed by atoms with Crippen molar-refractivity contribution in [2.45, 2.75) is 45.6 Å².